The van der Waals surface area contributed by atoms with E-state index in [1.54, 1.807) is 0 Å². The van der Waals surface area contributed by atoms with E-state index < -0.39 is 0 Å². The zero-order valence-electron chi connectivity index (χ0n) is 10.1. The van der Waals surface area contributed by atoms with Gasteiger partial charge in [0.15, 0.2) is 0 Å². The summed E-state index contributed by atoms with van der Waals surface area (Å²) in [4.78, 5) is 10.9. The van der Waals surface area contributed by atoms with Crippen molar-refractivity contribution < 1.29 is 4.79 Å². The van der Waals surface area contributed by atoms with E-state index in [-0.39, 0.29) is 12.3 Å². The molecule has 0 aliphatic heterocycles. The van der Waals surface area contributed by atoms with Crippen LogP contribution in [0.15, 0.2) is 0 Å². The second-order valence-electron chi connectivity index (χ2n) is 3.95. The summed E-state index contributed by atoms with van der Waals surface area (Å²) in [7, 11) is 0. The first kappa shape index (κ1) is 12.7. The maximum Gasteiger partial charge on any atom is 0.223 e. The summed E-state index contributed by atoms with van der Waals surface area (Å²) in [5.74, 6) is -0.347. The van der Waals surface area contributed by atoms with Crippen molar-refractivity contribution in [2.45, 2.75) is 52.5 Å². The monoisotopic (exact) mass is 224 g/mol. The van der Waals surface area contributed by atoms with Gasteiger partial charge in [-0.1, -0.05) is 31.9 Å². The fourth-order valence-electron chi connectivity index (χ4n) is 1.67. The average Bonchev–Trinajstić information content (AvgIpc) is 2.59. The van der Waals surface area contributed by atoms with Crippen molar-refractivity contribution in [3.8, 4) is 0 Å². The summed E-state index contributed by atoms with van der Waals surface area (Å²) < 4.78 is 1.91. The van der Waals surface area contributed by atoms with Gasteiger partial charge in [-0.3, -0.25) is 4.79 Å². The number of unbranched alkanes of at least 4 members (excludes halogenated alkanes) is 1. The first-order valence-electron chi connectivity index (χ1n) is 5.88. The van der Waals surface area contributed by atoms with Crippen LogP contribution in [0.3, 0.4) is 0 Å². The predicted octanol–water partition coefficient (Wildman–Crippen LogP) is 1.06. The Bertz CT molecular complexity index is 346. The number of carbonyl (C=O) groups excluding carboxylic acids is 1. The van der Waals surface area contributed by atoms with E-state index in [2.05, 4.69) is 24.2 Å². The van der Waals surface area contributed by atoms with E-state index in [9.17, 15) is 4.79 Å². The highest BCUT2D eigenvalue weighted by Crippen LogP contribution is 2.10. The van der Waals surface area contributed by atoms with Crippen molar-refractivity contribution >= 4 is 5.91 Å². The normalized spacial score (nSPS) is 10.6. The molecule has 1 amide bonds. The summed E-state index contributed by atoms with van der Waals surface area (Å²) in [5.41, 5.74) is 6.99. The number of amides is 1. The van der Waals surface area contributed by atoms with Gasteiger partial charge < -0.3 is 5.73 Å². The van der Waals surface area contributed by atoms with Crippen LogP contribution in [0.1, 0.15) is 44.5 Å². The highest BCUT2D eigenvalue weighted by molar-refractivity contribution is 5.76. The lowest BCUT2D eigenvalue weighted by Gasteiger charge is -2.05. The molecule has 1 aromatic rings. The first-order valence-corrected chi connectivity index (χ1v) is 5.88. The molecule has 1 aromatic heterocycles. The fraction of sp³-hybridized carbons (Fsp3) is 0.727. The Balaban J connectivity index is 2.82. The van der Waals surface area contributed by atoms with Crippen molar-refractivity contribution in [2.75, 3.05) is 0 Å². The molecule has 0 atom stereocenters. The lowest BCUT2D eigenvalue weighted by Crippen LogP contribution is -2.15. The Morgan fingerprint density at radius 2 is 2.12 bits per heavy atom. The molecule has 0 saturated carbocycles. The smallest absolute Gasteiger partial charge is 0.223 e. The third-order valence-electron chi connectivity index (χ3n) is 2.47. The van der Waals surface area contributed by atoms with Crippen molar-refractivity contribution in [3.05, 3.63) is 11.4 Å². The van der Waals surface area contributed by atoms with Gasteiger partial charge in [-0.15, -0.1) is 5.10 Å². The lowest BCUT2D eigenvalue weighted by atomic mass is 10.1. The Morgan fingerprint density at radius 1 is 1.38 bits per heavy atom. The molecule has 1 heterocycles. The Labute approximate surface area is 96.0 Å². The number of aromatic nitrogens is 3. The number of hydrogen-bond acceptors (Lipinski definition) is 3. The predicted molar refractivity (Wildman–Crippen MR) is 61.8 cm³/mol. The highest BCUT2D eigenvalue weighted by atomic mass is 16.1. The quantitative estimate of drug-likeness (QED) is 0.752. The number of nitrogens with two attached hydrogens (primary N) is 1. The highest BCUT2D eigenvalue weighted by Gasteiger charge is 2.13. The van der Waals surface area contributed by atoms with E-state index in [0.29, 0.717) is 0 Å². The van der Waals surface area contributed by atoms with E-state index in [4.69, 9.17) is 5.73 Å². The van der Waals surface area contributed by atoms with Crippen LogP contribution in [0, 0.1) is 0 Å². The second-order valence-corrected chi connectivity index (χ2v) is 3.95. The van der Waals surface area contributed by atoms with Crippen LogP contribution >= 0.6 is 0 Å². The molecule has 0 aliphatic rings. The van der Waals surface area contributed by atoms with Crippen molar-refractivity contribution in [1.29, 1.82) is 0 Å². The van der Waals surface area contributed by atoms with Crippen LogP contribution in [-0.2, 0) is 24.2 Å². The Morgan fingerprint density at radius 3 is 2.69 bits per heavy atom. The first-order chi connectivity index (χ1) is 7.69. The van der Waals surface area contributed by atoms with Gasteiger partial charge in [0.2, 0.25) is 5.91 Å². The molecule has 5 heteroatoms. The number of nitrogens with zero attached hydrogens (tertiary/aromatic N) is 3. The zero-order valence-corrected chi connectivity index (χ0v) is 10.1. The number of aryl methyl sites for hydroxylation is 1. The molecule has 16 heavy (non-hydrogen) atoms. The summed E-state index contributed by atoms with van der Waals surface area (Å²) >= 11 is 0. The topological polar surface area (TPSA) is 73.8 Å². The van der Waals surface area contributed by atoms with Crippen molar-refractivity contribution in [1.82, 2.24) is 15.0 Å². The number of rotatable bonds is 7. The summed E-state index contributed by atoms with van der Waals surface area (Å²) in [5, 5.41) is 8.12. The van der Waals surface area contributed by atoms with Crippen LogP contribution in [0.4, 0.5) is 0 Å². The van der Waals surface area contributed by atoms with Gasteiger partial charge in [-0.05, 0) is 12.8 Å². The minimum Gasteiger partial charge on any atom is -0.369 e. The summed E-state index contributed by atoms with van der Waals surface area (Å²) in [6.07, 6.45) is 4.32. The van der Waals surface area contributed by atoms with Gasteiger partial charge in [0, 0.05) is 6.54 Å². The Kier molecular flexibility index (Phi) is 4.95. The molecule has 0 spiro atoms. The van der Waals surface area contributed by atoms with Crippen LogP contribution in [-0.4, -0.2) is 20.9 Å². The van der Waals surface area contributed by atoms with Gasteiger partial charge in [-0.25, -0.2) is 4.68 Å². The van der Waals surface area contributed by atoms with Gasteiger partial charge >= 0.3 is 0 Å². The third-order valence-corrected chi connectivity index (χ3v) is 2.47. The van der Waals surface area contributed by atoms with Crippen LogP contribution in [0.25, 0.3) is 0 Å². The van der Waals surface area contributed by atoms with Gasteiger partial charge in [0.1, 0.15) is 0 Å². The van der Waals surface area contributed by atoms with Gasteiger partial charge in [0.05, 0.1) is 17.8 Å². The maximum absolute atomic E-state index is 10.9. The molecule has 0 saturated heterocycles. The molecule has 0 aliphatic carbocycles. The molecule has 0 fully saturated rings. The molecule has 0 bridgehead atoms. The van der Waals surface area contributed by atoms with Crippen LogP contribution in [0.5, 0.6) is 0 Å². The minimum absolute atomic E-state index is 0.196. The van der Waals surface area contributed by atoms with E-state index in [0.717, 1.165) is 43.6 Å². The van der Waals surface area contributed by atoms with Gasteiger partial charge in [0.25, 0.3) is 0 Å². The third kappa shape index (κ3) is 3.32. The van der Waals surface area contributed by atoms with E-state index >= 15 is 0 Å². The number of primary amides is 1. The largest absolute Gasteiger partial charge is 0.369 e. The molecule has 2 N–H and O–H groups in total. The number of carbonyl (C=O) groups is 1. The van der Waals surface area contributed by atoms with E-state index in [1.165, 1.54) is 0 Å². The summed E-state index contributed by atoms with van der Waals surface area (Å²) in [6, 6.07) is 0. The summed E-state index contributed by atoms with van der Waals surface area (Å²) in [6.45, 7) is 5.11. The molecule has 0 radical (unpaired) electrons. The molecule has 0 unspecified atom stereocenters. The molecule has 0 aromatic carbocycles. The van der Waals surface area contributed by atoms with Crippen molar-refractivity contribution in [3.63, 3.8) is 0 Å². The van der Waals surface area contributed by atoms with Crippen LogP contribution < -0.4 is 5.73 Å². The molecular weight excluding hydrogens is 204 g/mol. The molecule has 1 rings (SSSR count). The maximum atomic E-state index is 10.9. The lowest BCUT2D eigenvalue weighted by molar-refractivity contribution is -0.117. The zero-order chi connectivity index (χ0) is 12.0. The molecule has 5 nitrogen and oxygen atoms in total. The molecule has 90 valence electrons. The second kappa shape index (κ2) is 6.25. The number of hydrogen-bond donors (Lipinski definition) is 1. The standard InChI is InChI=1S/C11H20N4O/c1-3-5-7-15-10(6-4-2)9(13-14-15)8-11(12)16/h3-8H2,1-2H3,(H2,12,16). The van der Waals surface area contributed by atoms with Crippen molar-refractivity contribution in [2.24, 2.45) is 5.73 Å². The SMILES string of the molecule is CCCCn1nnc(CC(N)=O)c1CCC. The molecular formula is C11H20N4O. The van der Waals surface area contributed by atoms with Gasteiger partial charge in [-0.2, -0.15) is 0 Å². The minimum atomic E-state index is -0.347. The fourth-order valence-corrected chi connectivity index (χ4v) is 1.67. The van der Waals surface area contributed by atoms with E-state index in [1.807, 2.05) is 4.68 Å². The van der Waals surface area contributed by atoms with Crippen LogP contribution in [0.2, 0.25) is 0 Å². The average molecular weight is 224 g/mol. The Hall–Kier alpha value is -1.39.